The number of hydrogen-bond acceptors (Lipinski definition) is 8. The molecule has 0 aromatic heterocycles. The van der Waals surface area contributed by atoms with Gasteiger partial charge in [-0.3, -0.25) is 4.79 Å². The highest BCUT2D eigenvalue weighted by Crippen LogP contribution is 2.42. The van der Waals surface area contributed by atoms with Crippen molar-refractivity contribution in [2.75, 3.05) is 28.4 Å². The number of ether oxygens (including phenoxy) is 6. The summed E-state index contributed by atoms with van der Waals surface area (Å²) in [6, 6.07) is 13.9. The Labute approximate surface area is 209 Å². The van der Waals surface area contributed by atoms with Crippen molar-refractivity contribution >= 4 is 17.8 Å². The molecule has 1 aliphatic rings. The SMILES string of the molecule is COC(=O)c1ccc(COc2cc(C)c3c(c2)O/C(=C\c2ccc(OC)c(OC)c2OC)C3=O)cc1. The molecule has 0 spiro atoms. The van der Waals surface area contributed by atoms with Crippen molar-refractivity contribution in [2.45, 2.75) is 13.5 Å². The Balaban J connectivity index is 1.56. The lowest BCUT2D eigenvalue weighted by atomic mass is 10.0. The van der Waals surface area contributed by atoms with E-state index < -0.39 is 5.97 Å². The van der Waals surface area contributed by atoms with Crippen LogP contribution < -0.4 is 23.7 Å². The highest BCUT2D eigenvalue weighted by Gasteiger charge is 2.30. The number of benzene rings is 3. The highest BCUT2D eigenvalue weighted by atomic mass is 16.5. The van der Waals surface area contributed by atoms with Gasteiger partial charge in [0.05, 0.1) is 39.6 Å². The second-order valence-electron chi connectivity index (χ2n) is 7.95. The quantitative estimate of drug-likeness (QED) is 0.322. The zero-order valence-electron chi connectivity index (χ0n) is 20.7. The Hall–Kier alpha value is -4.46. The van der Waals surface area contributed by atoms with Crippen molar-refractivity contribution in [1.29, 1.82) is 0 Å². The normalized spacial score (nSPS) is 13.1. The Morgan fingerprint density at radius 3 is 2.28 bits per heavy atom. The number of rotatable bonds is 8. The fourth-order valence-electron chi connectivity index (χ4n) is 3.96. The van der Waals surface area contributed by atoms with Gasteiger partial charge in [-0.2, -0.15) is 0 Å². The van der Waals surface area contributed by atoms with Gasteiger partial charge >= 0.3 is 5.97 Å². The molecule has 0 saturated heterocycles. The van der Waals surface area contributed by atoms with E-state index in [1.807, 2.05) is 6.92 Å². The maximum absolute atomic E-state index is 13.1. The standard InChI is InChI=1S/C28H26O8/c1-16-12-20(35-15-17-6-8-18(9-7-17)28(30)34-5)14-22-24(16)25(29)23(36-22)13-19-10-11-21(31-2)27(33-4)26(19)32-3/h6-14H,15H2,1-5H3/b23-13-. The summed E-state index contributed by atoms with van der Waals surface area (Å²) in [5.74, 6) is 1.87. The van der Waals surface area contributed by atoms with Gasteiger partial charge in [0.15, 0.2) is 17.3 Å². The summed E-state index contributed by atoms with van der Waals surface area (Å²) in [6.45, 7) is 2.11. The van der Waals surface area contributed by atoms with E-state index in [4.69, 9.17) is 28.4 Å². The number of allylic oxidation sites excluding steroid dienone is 1. The predicted molar refractivity (Wildman–Crippen MR) is 132 cm³/mol. The third kappa shape index (κ3) is 4.70. The summed E-state index contributed by atoms with van der Waals surface area (Å²) >= 11 is 0. The van der Waals surface area contributed by atoms with E-state index in [1.54, 1.807) is 54.6 Å². The minimum Gasteiger partial charge on any atom is -0.493 e. The van der Waals surface area contributed by atoms with Crippen LogP contribution in [0.5, 0.6) is 28.7 Å². The molecule has 3 aromatic carbocycles. The van der Waals surface area contributed by atoms with E-state index in [1.165, 1.54) is 28.4 Å². The molecule has 0 amide bonds. The average Bonchev–Trinajstić information content (AvgIpc) is 3.21. The first-order valence-corrected chi connectivity index (χ1v) is 11.1. The van der Waals surface area contributed by atoms with Crippen LogP contribution in [0.3, 0.4) is 0 Å². The van der Waals surface area contributed by atoms with Crippen molar-refractivity contribution in [1.82, 2.24) is 0 Å². The first-order chi connectivity index (χ1) is 17.4. The number of ketones is 1. The van der Waals surface area contributed by atoms with Gasteiger partial charge in [0.25, 0.3) is 0 Å². The van der Waals surface area contributed by atoms with Gasteiger partial charge < -0.3 is 28.4 Å². The minimum atomic E-state index is -0.395. The lowest BCUT2D eigenvalue weighted by Gasteiger charge is -2.14. The number of Topliss-reactive ketones (excluding diaryl/α,β-unsaturated/α-hetero) is 1. The number of fused-ring (bicyclic) bond motifs is 1. The van der Waals surface area contributed by atoms with Crippen molar-refractivity contribution in [2.24, 2.45) is 0 Å². The van der Waals surface area contributed by atoms with Crippen LogP contribution >= 0.6 is 0 Å². The van der Waals surface area contributed by atoms with E-state index in [2.05, 4.69) is 0 Å². The smallest absolute Gasteiger partial charge is 0.337 e. The van der Waals surface area contributed by atoms with Crippen LogP contribution in [0.25, 0.3) is 6.08 Å². The van der Waals surface area contributed by atoms with E-state index in [0.717, 1.165) is 11.1 Å². The molecule has 0 bridgehead atoms. The van der Waals surface area contributed by atoms with Crippen LogP contribution in [-0.2, 0) is 11.3 Å². The van der Waals surface area contributed by atoms with Gasteiger partial charge in [-0.15, -0.1) is 0 Å². The molecule has 1 heterocycles. The predicted octanol–water partition coefficient (Wildman–Crippen LogP) is 5.00. The maximum Gasteiger partial charge on any atom is 0.337 e. The lowest BCUT2D eigenvalue weighted by molar-refractivity contribution is 0.0600. The van der Waals surface area contributed by atoms with Crippen LogP contribution in [0.2, 0.25) is 0 Å². The Bertz CT molecular complexity index is 1340. The largest absolute Gasteiger partial charge is 0.493 e. The van der Waals surface area contributed by atoms with Crippen LogP contribution in [0.4, 0.5) is 0 Å². The monoisotopic (exact) mass is 490 g/mol. The molecule has 0 unspecified atom stereocenters. The summed E-state index contributed by atoms with van der Waals surface area (Å²) in [6.07, 6.45) is 1.62. The van der Waals surface area contributed by atoms with Gasteiger partial charge in [-0.25, -0.2) is 4.79 Å². The molecule has 36 heavy (non-hydrogen) atoms. The number of aryl methyl sites for hydroxylation is 1. The van der Waals surface area contributed by atoms with Crippen molar-refractivity contribution in [3.05, 3.63) is 82.1 Å². The van der Waals surface area contributed by atoms with E-state index in [9.17, 15) is 9.59 Å². The molecule has 0 saturated carbocycles. The van der Waals surface area contributed by atoms with E-state index in [0.29, 0.717) is 45.4 Å². The van der Waals surface area contributed by atoms with Gasteiger partial charge in [0, 0.05) is 11.6 Å². The third-order valence-electron chi connectivity index (χ3n) is 5.75. The molecule has 0 atom stereocenters. The number of hydrogen-bond donors (Lipinski definition) is 0. The fourth-order valence-corrected chi connectivity index (χ4v) is 3.96. The molecule has 1 aliphatic heterocycles. The molecule has 3 aromatic rings. The first kappa shape index (κ1) is 24.7. The fraction of sp³-hybridized carbons (Fsp3) is 0.214. The molecule has 0 radical (unpaired) electrons. The molecular weight excluding hydrogens is 464 g/mol. The Kier molecular flexibility index (Phi) is 7.15. The molecule has 8 heteroatoms. The minimum absolute atomic E-state index is 0.161. The third-order valence-corrected chi connectivity index (χ3v) is 5.75. The van der Waals surface area contributed by atoms with Gasteiger partial charge in [0.1, 0.15) is 18.1 Å². The molecular formula is C28H26O8. The van der Waals surface area contributed by atoms with Crippen LogP contribution in [0.15, 0.2) is 54.3 Å². The van der Waals surface area contributed by atoms with E-state index >= 15 is 0 Å². The first-order valence-electron chi connectivity index (χ1n) is 11.1. The van der Waals surface area contributed by atoms with Gasteiger partial charge in [0.2, 0.25) is 11.5 Å². The van der Waals surface area contributed by atoms with Crippen LogP contribution in [0, 0.1) is 6.92 Å². The molecule has 4 rings (SSSR count). The molecule has 0 N–H and O–H groups in total. The second-order valence-corrected chi connectivity index (χ2v) is 7.95. The summed E-state index contributed by atoms with van der Waals surface area (Å²) in [5.41, 5.74) is 3.16. The van der Waals surface area contributed by atoms with Crippen molar-refractivity contribution in [3.63, 3.8) is 0 Å². The zero-order chi connectivity index (χ0) is 25.8. The Morgan fingerprint density at radius 1 is 0.917 bits per heavy atom. The molecule has 186 valence electrons. The van der Waals surface area contributed by atoms with Crippen molar-refractivity contribution in [3.8, 4) is 28.7 Å². The Morgan fingerprint density at radius 2 is 1.64 bits per heavy atom. The topological polar surface area (TPSA) is 89.5 Å². The second kappa shape index (κ2) is 10.4. The summed E-state index contributed by atoms with van der Waals surface area (Å²) < 4.78 is 32.8. The maximum atomic E-state index is 13.1. The molecule has 0 fully saturated rings. The lowest BCUT2D eigenvalue weighted by Crippen LogP contribution is -2.02. The zero-order valence-corrected chi connectivity index (χ0v) is 20.7. The highest BCUT2D eigenvalue weighted by molar-refractivity contribution is 6.15. The van der Waals surface area contributed by atoms with Crippen molar-refractivity contribution < 1.29 is 38.0 Å². The number of methoxy groups -OCH3 is 4. The summed E-state index contributed by atoms with van der Waals surface area (Å²) in [7, 11) is 5.91. The van der Waals surface area contributed by atoms with E-state index in [-0.39, 0.29) is 18.1 Å². The summed E-state index contributed by atoms with van der Waals surface area (Å²) in [5, 5.41) is 0. The summed E-state index contributed by atoms with van der Waals surface area (Å²) in [4.78, 5) is 24.7. The number of esters is 1. The van der Waals surface area contributed by atoms with Crippen LogP contribution in [0.1, 0.15) is 37.4 Å². The van der Waals surface area contributed by atoms with Gasteiger partial charge in [-0.05, 0) is 54.5 Å². The average molecular weight is 491 g/mol. The molecule has 8 nitrogen and oxygen atoms in total. The van der Waals surface area contributed by atoms with Gasteiger partial charge in [-0.1, -0.05) is 12.1 Å². The number of carbonyl (C=O) groups is 2. The number of carbonyl (C=O) groups excluding carboxylic acids is 2. The van der Waals surface area contributed by atoms with Crippen LogP contribution in [-0.4, -0.2) is 40.2 Å². The molecule has 0 aliphatic carbocycles.